The average molecular weight is 315 g/mol. The van der Waals surface area contributed by atoms with Gasteiger partial charge in [0.05, 0.1) is 6.54 Å². The normalized spacial score (nSPS) is 39.9. The molecule has 2 heterocycles. The number of ketones is 1. The van der Waals surface area contributed by atoms with Crippen molar-refractivity contribution >= 4 is 17.1 Å². The molecule has 118 valence electrons. The first-order valence-corrected chi connectivity index (χ1v) is 9.89. The SMILES string of the molecule is O=C(CN1CCc2sccc2C1)C12CC3CC(CC(C3)C1)C2. The zero-order valence-corrected chi connectivity index (χ0v) is 14.0. The third-order valence-corrected chi connectivity index (χ3v) is 7.91. The first-order valence-electron chi connectivity index (χ1n) is 9.01. The van der Waals surface area contributed by atoms with E-state index < -0.39 is 0 Å². The molecule has 1 aliphatic heterocycles. The number of carbonyl (C=O) groups is 1. The lowest BCUT2D eigenvalue weighted by Gasteiger charge is -2.56. The fraction of sp³-hybridized carbons (Fsp3) is 0.737. The molecule has 6 rings (SSSR count). The zero-order valence-electron chi connectivity index (χ0n) is 13.2. The molecule has 0 amide bonds. The number of fused-ring (bicyclic) bond motifs is 1. The summed E-state index contributed by atoms with van der Waals surface area (Å²) in [6.45, 7) is 2.78. The number of Topliss-reactive ketones (excluding diaryl/α,β-unsaturated/α-hetero) is 1. The summed E-state index contributed by atoms with van der Waals surface area (Å²) in [5, 5.41) is 2.20. The van der Waals surface area contributed by atoms with Gasteiger partial charge in [-0.05, 0) is 79.7 Å². The molecule has 0 N–H and O–H groups in total. The molecule has 0 spiro atoms. The van der Waals surface area contributed by atoms with Crippen LogP contribution in [0.2, 0.25) is 0 Å². The van der Waals surface area contributed by atoms with Crippen LogP contribution in [0.4, 0.5) is 0 Å². The van der Waals surface area contributed by atoms with E-state index in [4.69, 9.17) is 0 Å². The highest BCUT2D eigenvalue weighted by Crippen LogP contribution is 2.60. The van der Waals surface area contributed by atoms with E-state index in [9.17, 15) is 4.79 Å². The highest BCUT2D eigenvalue weighted by Gasteiger charge is 2.54. The molecule has 0 unspecified atom stereocenters. The summed E-state index contributed by atoms with van der Waals surface area (Å²) < 4.78 is 0. The molecule has 5 aliphatic rings. The molecule has 0 atom stereocenters. The number of carbonyl (C=O) groups excluding carboxylic acids is 1. The average Bonchev–Trinajstić information content (AvgIpc) is 2.93. The summed E-state index contributed by atoms with van der Waals surface area (Å²) in [6, 6.07) is 2.25. The van der Waals surface area contributed by atoms with Gasteiger partial charge in [0.1, 0.15) is 0 Å². The van der Waals surface area contributed by atoms with Crippen molar-refractivity contribution in [2.24, 2.45) is 23.2 Å². The molecule has 3 heteroatoms. The van der Waals surface area contributed by atoms with Crippen LogP contribution in [-0.2, 0) is 17.8 Å². The second-order valence-corrected chi connectivity index (χ2v) is 9.45. The summed E-state index contributed by atoms with van der Waals surface area (Å²) in [5.41, 5.74) is 1.55. The summed E-state index contributed by atoms with van der Waals surface area (Å²) in [4.78, 5) is 17.1. The lowest BCUT2D eigenvalue weighted by molar-refractivity contribution is -0.145. The van der Waals surface area contributed by atoms with Gasteiger partial charge >= 0.3 is 0 Å². The van der Waals surface area contributed by atoms with E-state index in [1.807, 2.05) is 11.3 Å². The number of rotatable bonds is 3. The molecule has 0 radical (unpaired) electrons. The third-order valence-electron chi connectivity index (χ3n) is 6.88. The van der Waals surface area contributed by atoms with Gasteiger partial charge in [0.15, 0.2) is 5.78 Å². The van der Waals surface area contributed by atoms with Crippen molar-refractivity contribution < 1.29 is 4.79 Å². The first kappa shape index (κ1) is 13.7. The molecule has 4 saturated carbocycles. The molecule has 0 aromatic carbocycles. The third kappa shape index (κ3) is 2.12. The lowest BCUT2D eigenvalue weighted by atomic mass is 9.48. The molecule has 1 aromatic rings. The molecule has 22 heavy (non-hydrogen) atoms. The van der Waals surface area contributed by atoms with Crippen molar-refractivity contribution in [3.63, 3.8) is 0 Å². The predicted octanol–water partition coefficient (Wildman–Crippen LogP) is 3.89. The predicted molar refractivity (Wildman–Crippen MR) is 88.9 cm³/mol. The number of hydrogen-bond donors (Lipinski definition) is 0. The van der Waals surface area contributed by atoms with Gasteiger partial charge in [-0.15, -0.1) is 11.3 Å². The van der Waals surface area contributed by atoms with Gasteiger partial charge in [0.2, 0.25) is 0 Å². The van der Waals surface area contributed by atoms with Crippen LogP contribution in [0.5, 0.6) is 0 Å². The van der Waals surface area contributed by atoms with Crippen LogP contribution in [-0.4, -0.2) is 23.8 Å². The second-order valence-electron chi connectivity index (χ2n) is 8.45. The Balaban J connectivity index is 1.31. The monoisotopic (exact) mass is 315 g/mol. The van der Waals surface area contributed by atoms with Crippen molar-refractivity contribution in [1.29, 1.82) is 0 Å². The van der Waals surface area contributed by atoms with Crippen LogP contribution in [0.25, 0.3) is 0 Å². The topological polar surface area (TPSA) is 20.3 Å². The van der Waals surface area contributed by atoms with Crippen molar-refractivity contribution in [3.8, 4) is 0 Å². The van der Waals surface area contributed by atoms with E-state index in [1.54, 1.807) is 4.88 Å². The number of hydrogen-bond acceptors (Lipinski definition) is 3. The Labute approximate surface area is 136 Å². The highest BCUT2D eigenvalue weighted by atomic mass is 32.1. The fourth-order valence-corrected chi connectivity index (χ4v) is 7.15. The minimum absolute atomic E-state index is 0.0870. The fourth-order valence-electron chi connectivity index (χ4n) is 6.26. The first-order chi connectivity index (χ1) is 10.7. The van der Waals surface area contributed by atoms with E-state index in [2.05, 4.69) is 16.3 Å². The highest BCUT2D eigenvalue weighted by molar-refractivity contribution is 7.10. The maximum absolute atomic E-state index is 13.2. The minimum Gasteiger partial charge on any atom is -0.298 e. The maximum Gasteiger partial charge on any atom is 0.152 e. The Morgan fingerprint density at radius 3 is 2.55 bits per heavy atom. The molecule has 4 aliphatic carbocycles. The summed E-state index contributed by atoms with van der Waals surface area (Å²) in [5.74, 6) is 3.21. The van der Waals surface area contributed by atoms with Gasteiger partial charge < -0.3 is 0 Å². The molecular formula is C19H25NOS. The smallest absolute Gasteiger partial charge is 0.152 e. The van der Waals surface area contributed by atoms with Crippen LogP contribution in [0.15, 0.2) is 11.4 Å². The van der Waals surface area contributed by atoms with Gasteiger partial charge in [0.25, 0.3) is 0 Å². The van der Waals surface area contributed by atoms with Gasteiger partial charge in [-0.25, -0.2) is 0 Å². The summed E-state index contributed by atoms with van der Waals surface area (Å²) >= 11 is 1.88. The zero-order chi connectivity index (χ0) is 14.7. The number of thiophene rings is 1. The standard InChI is InChI=1S/C19H25NOS/c21-18(12-20-3-1-17-16(11-20)2-4-22-17)19-8-13-5-14(9-19)7-15(6-13)10-19/h2,4,13-15H,1,3,5-12H2. The van der Waals surface area contributed by atoms with Gasteiger partial charge in [-0.2, -0.15) is 0 Å². The lowest BCUT2D eigenvalue weighted by Crippen LogP contribution is -2.52. The van der Waals surface area contributed by atoms with Crippen LogP contribution < -0.4 is 0 Å². The van der Waals surface area contributed by atoms with Gasteiger partial charge in [-0.3, -0.25) is 9.69 Å². The molecule has 0 saturated heterocycles. The van der Waals surface area contributed by atoms with Crippen molar-refractivity contribution in [3.05, 3.63) is 21.9 Å². The van der Waals surface area contributed by atoms with Crippen LogP contribution in [0.3, 0.4) is 0 Å². The van der Waals surface area contributed by atoms with Crippen LogP contribution >= 0.6 is 11.3 Å². The summed E-state index contributed by atoms with van der Waals surface area (Å²) in [6.07, 6.45) is 9.07. The van der Waals surface area contributed by atoms with Crippen molar-refractivity contribution in [2.45, 2.75) is 51.5 Å². The van der Waals surface area contributed by atoms with E-state index in [0.717, 1.165) is 37.3 Å². The van der Waals surface area contributed by atoms with Gasteiger partial charge in [-0.1, -0.05) is 0 Å². The summed E-state index contributed by atoms with van der Waals surface area (Å²) in [7, 11) is 0. The molecular weight excluding hydrogens is 290 g/mol. The van der Waals surface area contributed by atoms with E-state index >= 15 is 0 Å². The molecule has 4 fully saturated rings. The Morgan fingerprint density at radius 2 is 1.86 bits per heavy atom. The molecule has 4 bridgehead atoms. The molecule has 2 nitrogen and oxygen atoms in total. The largest absolute Gasteiger partial charge is 0.298 e. The Bertz CT molecular complexity index is 569. The van der Waals surface area contributed by atoms with E-state index in [1.165, 1.54) is 44.1 Å². The van der Waals surface area contributed by atoms with E-state index in [0.29, 0.717) is 12.3 Å². The maximum atomic E-state index is 13.2. The van der Waals surface area contributed by atoms with Crippen molar-refractivity contribution in [1.82, 2.24) is 4.90 Å². The second kappa shape index (κ2) is 4.91. The quantitative estimate of drug-likeness (QED) is 0.843. The van der Waals surface area contributed by atoms with Crippen LogP contribution in [0, 0.1) is 23.2 Å². The van der Waals surface area contributed by atoms with E-state index in [-0.39, 0.29) is 5.41 Å². The number of nitrogens with zero attached hydrogens (tertiary/aromatic N) is 1. The molecule has 1 aromatic heterocycles. The Kier molecular flexibility index (Phi) is 3.07. The van der Waals surface area contributed by atoms with Crippen LogP contribution in [0.1, 0.15) is 49.0 Å². The Morgan fingerprint density at radius 1 is 1.18 bits per heavy atom. The Hall–Kier alpha value is -0.670. The minimum atomic E-state index is 0.0870. The van der Waals surface area contributed by atoms with Crippen molar-refractivity contribution in [2.75, 3.05) is 13.1 Å². The van der Waals surface area contributed by atoms with Gasteiger partial charge in [0, 0.05) is 23.4 Å².